The maximum atomic E-state index is 13.8. The summed E-state index contributed by atoms with van der Waals surface area (Å²) in [6.07, 6.45) is 2.49. The Morgan fingerprint density at radius 3 is 2.43 bits per heavy atom. The van der Waals surface area contributed by atoms with Crippen LogP contribution in [0.2, 0.25) is 0 Å². The molecule has 0 saturated heterocycles. The number of primary amides is 1. The molecule has 0 aromatic heterocycles. The first-order valence-electron chi connectivity index (χ1n) is 9.28. The van der Waals surface area contributed by atoms with Gasteiger partial charge in [-0.15, -0.1) is 0 Å². The lowest BCUT2D eigenvalue weighted by molar-refractivity contribution is -0.117. The summed E-state index contributed by atoms with van der Waals surface area (Å²) in [7, 11) is 0. The summed E-state index contributed by atoms with van der Waals surface area (Å²) in [6, 6.07) is 3.24. The molecule has 0 saturated carbocycles. The lowest BCUT2D eigenvalue weighted by Crippen LogP contribution is -2.18. The van der Waals surface area contributed by atoms with E-state index in [1.54, 1.807) is 6.07 Å². The van der Waals surface area contributed by atoms with E-state index >= 15 is 0 Å². The van der Waals surface area contributed by atoms with Gasteiger partial charge in [-0.3, -0.25) is 14.9 Å². The fraction of sp³-hybridized carbons (Fsp3) is 0.500. The number of rotatable bonds is 6. The summed E-state index contributed by atoms with van der Waals surface area (Å²) < 4.78 is 19.1. The Morgan fingerprint density at radius 2 is 2.00 bits per heavy atom. The molecule has 0 radical (unpaired) electrons. The minimum Gasteiger partial charge on any atom is -0.477 e. The highest BCUT2D eigenvalue weighted by atomic mass is 32.2. The predicted octanol–water partition coefficient (Wildman–Crippen LogP) is 3.31. The standard InChI is InChI=1S/C14H20FNO.C6H11N3OS/c1-8(2)10-5-6-12(15)14(9(3)4)11(10)7-13(16)17;7-4-5(11-8)6-9-2-1-3-10-6/h5-6,8-9H,7H2,1-4H3,(H2,16,17);4H,1-3,7-8H2/b;5-4+. The zero-order chi connectivity index (χ0) is 21.3. The number of nitrogens with two attached hydrogens (primary N) is 3. The van der Waals surface area contributed by atoms with Gasteiger partial charge in [-0.05, 0) is 46.5 Å². The number of halogens is 1. The molecule has 8 heteroatoms. The van der Waals surface area contributed by atoms with Crippen LogP contribution in [-0.4, -0.2) is 25.0 Å². The molecule has 1 amide bonds. The first-order chi connectivity index (χ1) is 13.2. The van der Waals surface area contributed by atoms with Gasteiger partial charge in [-0.25, -0.2) is 4.39 Å². The molecule has 28 heavy (non-hydrogen) atoms. The fourth-order valence-corrected chi connectivity index (χ4v) is 3.26. The second kappa shape index (κ2) is 11.7. The Balaban J connectivity index is 0.000000307. The van der Waals surface area contributed by atoms with Crippen molar-refractivity contribution in [1.29, 1.82) is 0 Å². The van der Waals surface area contributed by atoms with Crippen molar-refractivity contribution in [2.24, 2.45) is 21.6 Å². The number of ether oxygens (including phenoxy) is 1. The van der Waals surface area contributed by atoms with Crippen molar-refractivity contribution in [2.45, 2.75) is 52.4 Å². The summed E-state index contributed by atoms with van der Waals surface area (Å²) in [4.78, 5) is 15.9. The van der Waals surface area contributed by atoms with Crippen LogP contribution in [0, 0.1) is 5.82 Å². The Hall–Kier alpha value is -2.06. The predicted molar refractivity (Wildman–Crippen MR) is 114 cm³/mol. The number of carbonyl (C=O) groups excluding carboxylic acids is 1. The van der Waals surface area contributed by atoms with Crippen LogP contribution in [0.15, 0.2) is 28.2 Å². The second-order valence-electron chi connectivity index (χ2n) is 7.02. The summed E-state index contributed by atoms with van der Waals surface area (Å²) >= 11 is 1.06. The van der Waals surface area contributed by atoms with Gasteiger partial charge in [0.15, 0.2) is 0 Å². The highest BCUT2D eigenvalue weighted by Gasteiger charge is 2.19. The molecule has 6 nitrogen and oxygen atoms in total. The van der Waals surface area contributed by atoms with E-state index in [4.69, 9.17) is 21.3 Å². The van der Waals surface area contributed by atoms with Crippen molar-refractivity contribution in [3.8, 4) is 0 Å². The minimum absolute atomic E-state index is 0.0445. The van der Waals surface area contributed by atoms with E-state index in [9.17, 15) is 9.18 Å². The van der Waals surface area contributed by atoms with Gasteiger partial charge < -0.3 is 16.2 Å². The molecule has 0 aliphatic carbocycles. The first kappa shape index (κ1) is 24.0. The Bertz CT molecular complexity index is 733. The van der Waals surface area contributed by atoms with Gasteiger partial charge in [0.2, 0.25) is 11.8 Å². The minimum atomic E-state index is -0.417. The quantitative estimate of drug-likeness (QED) is 0.622. The van der Waals surface area contributed by atoms with E-state index < -0.39 is 5.91 Å². The van der Waals surface area contributed by atoms with Crippen LogP contribution in [0.5, 0.6) is 0 Å². The average Bonchev–Trinajstić information content (AvgIpc) is 2.63. The maximum Gasteiger partial charge on any atom is 0.225 e. The largest absolute Gasteiger partial charge is 0.477 e. The third-order valence-corrected chi connectivity index (χ3v) is 4.74. The van der Waals surface area contributed by atoms with Crippen molar-refractivity contribution >= 4 is 23.8 Å². The number of carbonyl (C=O) groups is 1. The molecule has 0 unspecified atom stereocenters. The van der Waals surface area contributed by atoms with E-state index in [1.165, 1.54) is 12.3 Å². The molecule has 156 valence electrons. The van der Waals surface area contributed by atoms with Crippen LogP contribution in [0.25, 0.3) is 0 Å². The molecule has 1 aliphatic rings. The van der Waals surface area contributed by atoms with E-state index in [2.05, 4.69) is 4.99 Å². The molecule has 0 bridgehead atoms. The Morgan fingerprint density at radius 1 is 1.32 bits per heavy atom. The van der Waals surface area contributed by atoms with E-state index in [0.29, 0.717) is 23.0 Å². The lowest BCUT2D eigenvalue weighted by atomic mass is 9.86. The first-order valence-corrected chi connectivity index (χ1v) is 10.2. The van der Waals surface area contributed by atoms with Gasteiger partial charge in [-0.1, -0.05) is 33.8 Å². The van der Waals surface area contributed by atoms with Gasteiger partial charge in [0.1, 0.15) is 5.82 Å². The van der Waals surface area contributed by atoms with Gasteiger partial charge in [0, 0.05) is 19.2 Å². The molecular weight excluding hydrogens is 379 g/mol. The van der Waals surface area contributed by atoms with Gasteiger partial charge in [-0.2, -0.15) is 0 Å². The fourth-order valence-electron chi connectivity index (χ4n) is 2.96. The van der Waals surface area contributed by atoms with Crippen molar-refractivity contribution in [3.05, 3.63) is 45.7 Å². The van der Waals surface area contributed by atoms with Crippen molar-refractivity contribution in [2.75, 3.05) is 13.2 Å². The molecule has 1 aromatic rings. The van der Waals surface area contributed by atoms with Crippen molar-refractivity contribution in [1.82, 2.24) is 0 Å². The van der Waals surface area contributed by atoms with Crippen LogP contribution in [-0.2, 0) is 16.0 Å². The third kappa shape index (κ3) is 6.83. The van der Waals surface area contributed by atoms with E-state index in [-0.39, 0.29) is 24.1 Å². The topological polar surface area (TPSA) is 117 Å². The number of amides is 1. The molecule has 1 aromatic carbocycles. The van der Waals surface area contributed by atoms with Crippen molar-refractivity contribution in [3.63, 3.8) is 0 Å². The molecule has 6 N–H and O–H groups in total. The highest BCUT2D eigenvalue weighted by Crippen LogP contribution is 2.30. The highest BCUT2D eigenvalue weighted by molar-refractivity contribution is 8.01. The number of hydrogen-bond acceptors (Lipinski definition) is 6. The smallest absolute Gasteiger partial charge is 0.225 e. The SMILES string of the molecule is CC(C)c1ccc(F)c(C(C)C)c1CC(N)=O.N/C=C(/SN)C1=NCCCO1. The van der Waals surface area contributed by atoms with Crippen LogP contribution < -0.4 is 16.6 Å². The summed E-state index contributed by atoms with van der Waals surface area (Å²) in [5.74, 6) is 0.205. The van der Waals surface area contributed by atoms with Crippen LogP contribution in [0.4, 0.5) is 4.39 Å². The number of aliphatic imine (C=N–C) groups is 1. The van der Waals surface area contributed by atoms with Gasteiger partial charge >= 0.3 is 0 Å². The molecule has 1 aliphatic heterocycles. The zero-order valence-electron chi connectivity index (χ0n) is 17.0. The number of benzene rings is 1. The summed E-state index contributed by atoms with van der Waals surface area (Å²) in [5, 5.41) is 5.32. The van der Waals surface area contributed by atoms with Crippen LogP contribution in [0.1, 0.15) is 62.6 Å². The molecule has 1 heterocycles. The maximum absolute atomic E-state index is 13.8. The van der Waals surface area contributed by atoms with Crippen LogP contribution >= 0.6 is 11.9 Å². The molecule has 0 spiro atoms. The molecule has 0 atom stereocenters. The van der Waals surface area contributed by atoms with Gasteiger partial charge in [0.05, 0.1) is 17.9 Å². The lowest BCUT2D eigenvalue weighted by Gasteiger charge is -2.19. The number of hydrogen-bond donors (Lipinski definition) is 3. The third-order valence-electron chi connectivity index (χ3n) is 4.18. The average molecular weight is 411 g/mol. The molecular formula is C20H31FN4O2S. The molecule has 0 fully saturated rings. The van der Waals surface area contributed by atoms with E-state index in [0.717, 1.165) is 36.0 Å². The van der Waals surface area contributed by atoms with Crippen LogP contribution in [0.3, 0.4) is 0 Å². The second-order valence-corrected chi connectivity index (χ2v) is 7.69. The Labute approximate surface area is 170 Å². The van der Waals surface area contributed by atoms with E-state index in [1.807, 2.05) is 27.7 Å². The Kier molecular flexibility index (Phi) is 10.0. The summed E-state index contributed by atoms with van der Waals surface area (Å²) in [5.41, 5.74) is 12.9. The monoisotopic (exact) mass is 410 g/mol. The summed E-state index contributed by atoms with van der Waals surface area (Å²) in [6.45, 7) is 9.41. The molecule has 2 rings (SSSR count). The normalized spacial score (nSPS) is 14.3. The zero-order valence-corrected chi connectivity index (χ0v) is 17.8. The van der Waals surface area contributed by atoms with Gasteiger partial charge in [0.25, 0.3) is 0 Å². The number of nitrogens with zero attached hydrogens (tertiary/aromatic N) is 1. The van der Waals surface area contributed by atoms with Crippen molar-refractivity contribution < 1.29 is 13.9 Å².